The lowest BCUT2D eigenvalue weighted by Crippen LogP contribution is -2.43. The van der Waals surface area contributed by atoms with E-state index < -0.39 is 23.7 Å². The number of esters is 1. The Balaban J connectivity index is 1.48. The Labute approximate surface area is 213 Å². The van der Waals surface area contributed by atoms with E-state index in [1.54, 1.807) is 31.4 Å². The number of fused-ring (bicyclic) bond motifs is 1. The van der Waals surface area contributed by atoms with Crippen LogP contribution < -0.4 is 20.4 Å². The van der Waals surface area contributed by atoms with Gasteiger partial charge in [-0.1, -0.05) is 55.8 Å². The fourth-order valence-corrected chi connectivity index (χ4v) is 3.85. The molecule has 1 unspecified atom stereocenters. The van der Waals surface area contributed by atoms with Crippen molar-refractivity contribution in [3.8, 4) is 22.6 Å². The molecule has 1 N–H and O–H groups in total. The average Bonchev–Trinajstić information content (AvgIpc) is 2.91. The van der Waals surface area contributed by atoms with Gasteiger partial charge in [-0.25, -0.2) is 14.4 Å². The lowest BCUT2D eigenvalue weighted by atomic mass is 10.0. The first-order valence-corrected chi connectivity index (χ1v) is 11.9. The van der Waals surface area contributed by atoms with Gasteiger partial charge in [0.1, 0.15) is 29.7 Å². The maximum absolute atomic E-state index is 12.9. The van der Waals surface area contributed by atoms with E-state index in [1.807, 2.05) is 49.4 Å². The van der Waals surface area contributed by atoms with Gasteiger partial charge in [-0.2, -0.15) is 0 Å². The van der Waals surface area contributed by atoms with E-state index in [-0.39, 0.29) is 17.9 Å². The van der Waals surface area contributed by atoms with Crippen molar-refractivity contribution in [1.82, 2.24) is 5.32 Å². The van der Waals surface area contributed by atoms with Crippen LogP contribution in [0, 0.1) is 0 Å². The summed E-state index contributed by atoms with van der Waals surface area (Å²) in [6.45, 7) is 1.98. The third-order valence-electron chi connectivity index (χ3n) is 5.70. The molecule has 0 aliphatic rings. The van der Waals surface area contributed by atoms with Gasteiger partial charge in [0.25, 0.3) is 0 Å². The molecule has 0 saturated carbocycles. The number of rotatable bonds is 9. The molecule has 0 spiro atoms. The van der Waals surface area contributed by atoms with Crippen molar-refractivity contribution in [2.45, 2.75) is 32.4 Å². The van der Waals surface area contributed by atoms with Gasteiger partial charge in [-0.15, -0.1) is 0 Å². The Bertz CT molecular complexity index is 1430. The van der Waals surface area contributed by atoms with Crippen LogP contribution in [0.1, 0.15) is 25.3 Å². The van der Waals surface area contributed by atoms with Crippen LogP contribution in [0.2, 0.25) is 0 Å². The molecule has 0 aliphatic heterocycles. The first-order valence-electron chi connectivity index (χ1n) is 11.9. The molecule has 8 heteroatoms. The van der Waals surface area contributed by atoms with Gasteiger partial charge in [-0.3, -0.25) is 0 Å². The van der Waals surface area contributed by atoms with Crippen molar-refractivity contribution in [3.05, 3.63) is 94.8 Å². The number of alkyl carbamates (subject to hydrolysis) is 1. The molecular weight excluding hydrogens is 474 g/mol. The largest absolute Gasteiger partial charge is 0.497 e. The molecule has 1 amide bonds. The number of nitrogens with one attached hydrogen (secondary N) is 1. The van der Waals surface area contributed by atoms with Gasteiger partial charge in [0.2, 0.25) is 0 Å². The number of hydrogen-bond acceptors (Lipinski definition) is 7. The highest BCUT2D eigenvalue weighted by Crippen LogP contribution is 2.31. The van der Waals surface area contributed by atoms with Crippen molar-refractivity contribution >= 4 is 23.0 Å². The Morgan fingerprint density at radius 1 is 0.946 bits per heavy atom. The maximum atomic E-state index is 12.9. The van der Waals surface area contributed by atoms with Crippen LogP contribution >= 0.6 is 0 Å². The molecule has 1 heterocycles. The summed E-state index contributed by atoms with van der Waals surface area (Å²) in [4.78, 5) is 37.4. The molecule has 4 rings (SSSR count). The summed E-state index contributed by atoms with van der Waals surface area (Å²) in [7, 11) is 1.58. The zero-order chi connectivity index (χ0) is 26.2. The van der Waals surface area contributed by atoms with Crippen molar-refractivity contribution in [3.63, 3.8) is 0 Å². The standard InChI is InChI=1S/C29H27NO7/c1-3-7-25(30-29(33)35-18-19-8-5-4-6-9-19)28(32)36-22-14-15-23-24(17-27(31)37-26(23)16-22)20-10-12-21(34-2)13-11-20/h4-6,8-17,25H,3,7,18H2,1-2H3,(H,30,33). The normalized spacial score (nSPS) is 11.5. The van der Waals surface area contributed by atoms with Gasteiger partial charge in [0.05, 0.1) is 7.11 Å². The van der Waals surface area contributed by atoms with E-state index >= 15 is 0 Å². The summed E-state index contributed by atoms with van der Waals surface area (Å²) in [6, 6.07) is 21.9. The first kappa shape index (κ1) is 25.5. The number of hydrogen-bond donors (Lipinski definition) is 1. The molecular formula is C29H27NO7. The fourth-order valence-electron chi connectivity index (χ4n) is 3.85. The number of benzene rings is 3. The van der Waals surface area contributed by atoms with E-state index in [9.17, 15) is 14.4 Å². The van der Waals surface area contributed by atoms with Crippen LogP contribution in [0.3, 0.4) is 0 Å². The zero-order valence-electron chi connectivity index (χ0n) is 20.6. The minimum Gasteiger partial charge on any atom is -0.497 e. The molecule has 37 heavy (non-hydrogen) atoms. The maximum Gasteiger partial charge on any atom is 0.408 e. The van der Waals surface area contributed by atoms with E-state index in [0.717, 1.165) is 11.1 Å². The zero-order valence-corrected chi connectivity index (χ0v) is 20.6. The number of amides is 1. The van der Waals surface area contributed by atoms with Crippen LogP contribution in [-0.4, -0.2) is 25.2 Å². The predicted molar refractivity (Wildman–Crippen MR) is 139 cm³/mol. The highest BCUT2D eigenvalue weighted by Gasteiger charge is 2.23. The van der Waals surface area contributed by atoms with Gasteiger partial charge in [0.15, 0.2) is 0 Å². The molecule has 0 saturated heterocycles. The smallest absolute Gasteiger partial charge is 0.408 e. The van der Waals surface area contributed by atoms with Crippen LogP contribution in [0.25, 0.3) is 22.1 Å². The van der Waals surface area contributed by atoms with Crippen LogP contribution in [0.4, 0.5) is 4.79 Å². The Kier molecular flexibility index (Phi) is 8.20. The second-order valence-electron chi connectivity index (χ2n) is 8.33. The molecule has 3 aromatic carbocycles. The Morgan fingerprint density at radius 3 is 2.38 bits per heavy atom. The molecule has 8 nitrogen and oxygen atoms in total. The minimum absolute atomic E-state index is 0.0841. The quantitative estimate of drug-likeness (QED) is 0.184. The second kappa shape index (κ2) is 11.9. The summed E-state index contributed by atoms with van der Waals surface area (Å²) in [5.41, 5.74) is 2.06. The summed E-state index contributed by atoms with van der Waals surface area (Å²) in [5.74, 6) is 0.240. The molecule has 0 fully saturated rings. The van der Waals surface area contributed by atoms with Crippen molar-refractivity contribution in [2.75, 3.05) is 7.11 Å². The summed E-state index contributed by atoms with van der Waals surface area (Å²) in [5, 5.41) is 3.25. The SMILES string of the molecule is CCCC(NC(=O)OCc1ccccc1)C(=O)Oc1ccc2c(-c3ccc(OC)cc3)cc(=O)oc2c1. The number of carbonyl (C=O) groups is 2. The van der Waals surface area contributed by atoms with E-state index in [1.165, 1.54) is 12.1 Å². The molecule has 1 atom stereocenters. The van der Waals surface area contributed by atoms with Crippen molar-refractivity contribution < 1.29 is 28.2 Å². The van der Waals surface area contributed by atoms with Crippen molar-refractivity contribution in [1.29, 1.82) is 0 Å². The monoisotopic (exact) mass is 501 g/mol. The van der Waals surface area contributed by atoms with Crippen LogP contribution in [-0.2, 0) is 16.1 Å². The number of ether oxygens (including phenoxy) is 3. The molecule has 0 bridgehead atoms. The summed E-state index contributed by atoms with van der Waals surface area (Å²) < 4.78 is 21.3. The average molecular weight is 502 g/mol. The van der Waals surface area contributed by atoms with Gasteiger partial charge in [0, 0.05) is 17.5 Å². The third kappa shape index (κ3) is 6.55. The summed E-state index contributed by atoms with van der Waals surface area (Å²) in [6.07, 6.45) is 0.285. The molecule has 0 radical (unpaired) electrons. The number of carbonyl (C=O) groups excluding carboxylic acids is 2. The van der Waals surface area contributed by atoms with Gasteiger partial charge >= 0.3 is 17.7 Å². The highest BCUT2D eigenvalue weighted by atomic mass is 16.6. The number of methoxy groups -OCH3 is 1. The first-order chi connectivity index (χ1) is 18.0. The predicted octanol–water partition coefficient (Wildman–Crippen LogP) is 5.47. The van der Waals surface area contributed by atoms with Gasteiger partial charge in [-0.05, 0) is 47.4 Å². The molecule has 190 valence electrons. The lowest BCUT2D eigenvalue weighted by Gasteiger charge is -2.17. The molecule has 0 aliphatic carbocycles. The lowest BCUT2D eigenvalue weighted by molar-refractivity contribution is -0.136. The topological polar surface area (TPSA) is 104 Å². The van der Waals surface area contributed by atoms with Crippen molar-refractivity contribution in [2.24, 2.45) is 0 Å². The highest BCUT2D eigenvalue weighted by molar-refractivity contribution is 5.94. The van der Waals surface area contributed by atoms with E-state index in [2.05, 4.69) is 5.32 Å². The van der Waals surface area contributed by atoms with E-state index in [4.69, 9.17) is 18.6 Å². The minimum atomic E-state index is -0.901. The molecule has 1 aromatic heterocycles. The summed E-state index contributed by atoms with van der Waals surface area (Å²) >= 11 is 0. The van der Waals surface area contributed by atoms with Crippen LogP contribution in [0.5, 0.6) is 11.5 Å². The Hall–Kier alpha value is -4.59. The van der Waals surface area contributed by atoms with E-state index in [0.29, 0.717) is 29.5 Å². The molecule has 4 aromatic rings. The third-order valence-corrected chi connectivity index (χ3v) is 5.70. The van der Waals surface area contributed by atoms with Crippen LogP contribution in [0.15, 0.2) is 88.1 Å². The Morgan fingerprint density at radius 2 is 1.68 bits per heavy atom. The fraction of sp³-hybridized carbons (Fsp3) is 0.207. The van der Waals surface area contributed by atoms with Gasteiger partial charge < -0.3 is 23.9 Å². The second-order valence-corrected chi connectivity index (χ2v) is 8.33.